The summed E-state index contributed by atoms with van der Waals surface area (Å²) < 4.78 is 0. The number of benzene rings is 1. The Morgan fingerprint density at radius 3 is 2.71 bits per heavy atom. The Balaban J connectivity index is 2.64. The highest BCUT2D eigenvalue weighted by Crippen LogP contribution is 2.40. The minimum Gasteiger partial charge on any atom is -0.381 e. The first kappa shape index (κ1) is 12.2. The Bertz CT molecular complexity index is 483. The fraction of sp³-hybridized carbons (Fsp3) is 0.462. The van der Waals surface area contributed by atoms with Gasteiger partial charge in [-0.25, -0.2) is 0 Å². The Hall–Kier alpha value is -1.22. The van der Waals surface area contributed by atoms with Gasteiger partial charge in [0.15, 0.2) is 0 Å². The van der Waals surface area contributed by atoms with E-state index in [9.17, 15) is 4.79 Å². The maximum atomic E-state index is 11.9. The molecule has 0 bridgehead atoms. The zero-order valence-electron chi connectivity index (χ0n) is 10.6. The van der Waals surface area contributed by atoms with E-state index in [0.29, 0.717) is 5.02 Å². The molecule has 1 aromatic carbocycles. The third kappa shape index (κ3) is 2.00. The molecule has 1 amide bonds. The predicted molar refractivity (Wildman–Crippen MR) is 71.9 cm³/mol. The Kier molecular flexibility index (Phi) is 2.82. The van der Waals surface area contributed by atoms with Crippen LogP contribution in [0.25, 0.3) is 0 Å². The maximum Gasteiger partial charge on any atom is 0.224 e. The molecule has 1 aliphatic heterocycles. The number of carbonyl (C=O) groups excluding carboxylic acids is 1. The summed E-state index contributed by atoms with van der Waals surface area (Å²) in [4.78, 5) is 13.7. The van der Waals surface area contributed by atoms with Crippen LogP contribution in [0.5, 0.6) is 0 Å². The van der Waals surface area contributed by atoms with Crippen molar-refractivity contribution in [3.8, 4) is 0 Å². The fourth-order valence-electron chi connectivity index (χ4n) is 2.44. The summed E-state index contributed by atoms with van der Waals surface area (Å²) in [5.74, 6) is 0.0585. The highest BCUT2D eigenvalue weighted by molar-refractivity contribution is 6.31. The molecule has 0 fully saturated rings. The van der Waals surface area contributed by atoms with Crippen molar-refractivity contribution in [1.29, 1.82) is 0 Å². The molecule has 0 spiro atoms. The first-order chi connectivity index (χ1) is 7.83. The number of nitrogens with one attached hydrogen (secondary N) is 1. The molecule has 0 radical (unpaired) electrons. The van der Waals surface area contributed by atoms with Gasteiger partial charge in [0.2, 0.25) is 5.91 Å². The first-order valence-corrected chi connectivity index (χ1v) is 6.05. The summed E-state index contributed by atoms with van der Waals surface area (Å²) in [7, 11) is 0. The van der Waals surface area contributed by atoms with Crippen molar-refractivity contribution >= 4 is 28.9 Å². The maximum absolute atomic E-state index is 11.9. The molecular formula is C13H17ClN2O. The fourth-order valence-corrected chi connectivity index (χ4v) is 2.72. The molecule has 3 nitrogen and oxygen atoms in total. The summed E-state index contributed by atoms with van der Waals surface area (Å²) in [5, 5.41) is 4.03. The largest absolute Gasteiger partial charge is 0.381 e. The zero-order chi connectivity index (χ0) is 12.8. The molecule has 0 unspecified atom stereocenters. The van der Waals surface area contributed by atoms with Crippen molar-refractivity contribution < 1.29 is 4.79 Å². The molecule has 1 aliphatic rings. The van der Waals surface area contributed by atoms with Crippen LogP contribution in [0.1, 0.15) is 26.3 Å². The zero-order valence-corrected chi connectivity index (χ0v) is 11.4. The summed E-state index contributed by atoms with van der Waals surface area (Å²) in [6.07, 6.45) is 0. The molecule has 0 atom stereocenters. The van der Waals surface area contributed by atoms with E-state index in [4.69, 9.17) is 11.6 Å². The Morgan fingerprint density at radius 2 is 2.12 bits per heavy atom. The molecule has 0 saturated carbocycles. The van der Waals surface area contributed by atoms with Gasteiger partial charge in [-0.1, -0.05) is 11.6 Å². The van der Waals surface area contributed by atoms with E-state index in [-0.39, 0.29) is 11.4 Å². The van der Waals surface area contributed by atoms with Gasteiger partial charge >= 0.3 is 0 Å². The summed E-state index contributed by atoms with van der Waals surface area (Å²) in [6, 6.07) is 3.76. The van der Waals surface area contributed by atoms with Crippen LogP contribution < -0.4 is 10.2 Å². The van der Waals surface area contributed by atoms with E-state index < -0.39 is 0 Å². The molecular weight excluding hydrogens is 236 g/mol. The summed E-state index contributed by atoms with van der Waals surface area (Å²) >= 11 is 6.04. The van der Waals surface area contributed by atoms with Crippen molar-refractivity contribution in [2.75, 3.05) is 16.8 Å². The molecule has 1 N–H and O–H groups in total. The number of carbonyl (C=O) groups is 1. The second-order valence-electron chi connectivity index (χ2n) is 5.14. The average Bonchev–Trinajstić information content (AvgIpc) is 2.17. The Morgan fingerprint density at radius 1 is 1.47 bits per heavy atom. The number of halogens is 1. The molecule has 92 valence electrons. The lowest BCUT2D eigenvalue weighted by Crippen LogP contribution is -2.54. The van der Waals surface area contributed by atoms with Crippen molar-refractivity contribution in [1.82, 2.24) is 0 Å². The lowest BCUT2D eigenvalue weighted by Gasteiger charge is -2.44. The number of anilines is 2. The van der Waals surface area contributed by atoms with Crippen molar-refractivity contribution in [3.63, 3.8) is 0 Å². The van der Waals surface area contributed by atoms with Crippen LogP contribution in [-0.4, -0.2) is 18.0 Å². The van der Waals surface area contributed by atoms with E-state index in [1.165, 1.54) is 0 Å². The molecule has 0 aromatic heterocycles. The van der Waals surface area contributed by atoms with Crippen LogP contribution in [0.4, 0.5) is 11.4 Å². The van der Waals surface area contributed by atoms with Gasteiger partial charge in [0, 0.05) is 18.5 Å². The number of amides is 1. The van der Waals surface area contributed by atoms with Crippen LogP contribution >= 0.6 is 11.6 Å². The minimum atomic E-state index is -0.225. The number of hydrogen-bond donors (Lipinski definition) is 1. The summed E-state index contributed by atoms with van der Waals surface area (Å²) in [6.45, 7) is 8.41. The van der Waals surface area contributed by atoms with Gasteiger partial charge in [-0.2, -0.15) is 0 Å². The lowest BCUT2D eigenvalue weighted by molar-refractivity contribution is -0.117. The number of nitrogens with zero attached hydrogens (tertiary/aromatic N) is 1. The topological polar surface area (TPSA) is 32.3 Å². The van der Waals surface area contributed by atoms with E-state index in [0.717, 1.165) is 23.5 Å². The first-order valence-electron chi connectivity index (χ1n) is 5.68. The normalized spacial score (nSPS) is 17.4. The molecule has 17 heavy (non-hydrogen) atoms. The molecule has 2 rings (SSSR count). The second-order valence-corrected chi connectivity index (χ2v) is 5.58. The van der Waals surface area contributed by atoms with Gasteiger partial charge in [-0.3, -0.25) is 4.79 Å². The van der Waals surface area contributed by atoms with Gasteiger partial charge in [0.1, 0.15) is 0 Å². The third-order valence-corrected chi connectivity index (χ3v) is 3.34. The van der Waals surface area contributed by atoms with Crippen LogP contribution in [0.3, 0.4) is 0 Å². The van der Waals surface area contributed by atoms with Crippen LogP contribution in [0.15, 0.2) is 12.1 Å². The van der Waals surface area contributed by atoms with Crippen LogP contribution in [-0.2, 0) is 4.79 Å². The van der Waals surface area contributed by atoms with Gasteiger partial charge in [-0.15, -0.1) is 0 Å². The van der Waals surface area contributed by atoms with E-state index >= 15 is 0 Å². The van der Waals surface area contributed by atoms with Gasteiger partial charge < -0.3 is 10.2 Å². The van der Waals surface area contributed by atoms with E-state index in [2.05, 4.69) is 19.2 Å². The van der Waals surface area contributed by atoms with E-state index in [1.54, 1.807) is 6.92 Å². The predicted octanol–water partition coefficient (Wildman–Crippen LogP) is 3.21. The molecule has 1 aromatic rings. The van der Waals surface area contributed by atoms with Gasteiger partial charge in [0.25, 0.3) is 0 Å². The van der Waals surface area contributed by atoms with Crippen molar-refractivity contribution in [2.24, 2.45) is 0 Å². The van der Waals surface area contributed by atoms with E-state index in [1.807, 2.05) is 24.0 Å². The minimum absolute atomic E-state index is 0.0585. The van der Waals surface area contributed by atoms with Crippen LogP contribution in [0, 0.1) is 6.92 Å². The van der Waals surface area contributed by atoms with Crippen molar-refractivity contribution in [2.45, 2.75) is 33.2 Å². The molecule has 0 saturated heterocycles. The highest BCUT2D eigenvalue weighted by Gasteiger charge is 2.36. The van der Waals surface area contributed by atoms with Crippen LogP contribution in [0.2, 0.25) is 5.02 Å². The SMILES string of the molecule is CC(=O)N1c2c(C)cc(Cl)cc2NCC1(C)C. The smallest absolute Gasteiger partial charge is 0.224 e. The number of hydrogen-bond acceptors (Lipinski definition) is 2. The molecule has 4 heteroatoms. The number of aryl methyl sites for hydroxylation is 1. The second kappa shape index (κ2) is 3.91. The quantitative estimate of drug-likeness (QED) is 0.769. The van der Waals surface area contributed by atoms with Gasteiger partial charge in [0.05, 0.1) is 16.9 Å². The monoisotopic (exact) mass is 252 g/mol. The highest BCUT2D eigenvalue weighted by atomic mass is 35.5. The summed E-state index contributed by atoms with van der Waals surface area (Å²) in [5.41, 5.74) is 2.67. The average molecular weight is 253 g/mol. The molecule has 0 aliphatic carbocycles. The van der Waals surface area contributed by atoms with Crippen molar-refractivity contribution in [3.05, 3.63) is 22.7 Å². The molecule has 1 heterocycles. The Labute approximate surface area is 107 Å². The number of rotatable bonds is 0. The van der Waals surface area contributed by atoms with Gasteiger partial charge in [-0.05, 0) is 38.5 Å². The third-order valence-electron chi connectivity index (χ3n) is 3.12. The lowest BCUT2D eigenvalue weighted by atomic mass is 9.95. The standard InChI is InChI=1S/C13H17ClN2O/c1-8-5-10(14)6-11-12(8)16(9(2)17)13(3,4)7-15-11/h5-6,15H,7H2,1-4H3. The number of fused-ring (bicyclic) bond motifs is 1.